The third kappa shape index (κ3) is 8.97. The molecule has 0 saturated heterocycles. The van der Waals surface area contributed by atoms with Crippen LogP contribution in [0.5, 0.6) is 0 Å². The van der Waals surface area contributed by atoms with Crippen LogP contribution >= 0.6 is 0 Å². The molecule has 0 aromatic heterocycles. The molecule has 0 aromatic carbocycles. The fourth-order valence-corrected chi connectivity index (χ4v) is 3.11. The number of carbonyl (C=O) groups excluding carboxylic acids is 4. The number of nitrogens with two attached hydrogens (primary N) is 3. The Labute approximate surface area is 175 Å². The van der Waals surface area contributed by atoms with E-state index in [1.807, 2.05) is 0 Å². The average molecular weight is 428 g/mol. The molecule has 1 aliphatic rings. The molecule has 0 aliphatic heterocycles. The van der Waals surface area contributed by atoms with E-state index in [0.29, 0.717) is 25.7 Å². The molecule has 0 spiro atoms. The highest BCUT2D eigenvalue weighted by molar-refractivity contribution is 5.90. The molecule has 0 heterocycles. The molecular weight excluding hydrogens is 394 g/mol. The van der Waals surface area contributed by atoms with E-state index in [9.17, 15) is 19.2 Å². The zero-order valence-electron chi connectivity index (χ0n) is 17.9. The standard InChI is InChI=1S/C18H33N7O5/c1-18(2,3)30-13(26)9-12(14(19)27)23-17(29)24-25(4)15(28)10-5-7-11(8-6-10)22-16(20)21/h10-12H,5-9H2,1-4H3,(H2,19,27)(H4,20,21,22)(H2,23,24,29)/t10?,11?,12-/m0/s1. The summed E-state index contributed by atoms with van der Waals surface area (Å²) in [6.45, 7) is 5.03. The molecule has 4 amide bonds. The number of hydrogen-bond acceptors (Lipinski definition) is 6. The van der Waals surface area contributed by atoms with Crippen molar-refractivity contribution in [3.05, 3.63) is 0 Å². The molecule has 1 rings (SSSR count). The van der Waals surface area contributed by atoms with E-state index in [1.54, 1.807) is 20.8 Å². The number of hydrazine groups is 1. The van der Waals surface area contributed by atoms with Crippen molar-refractivity contribution in [1.82, 2.24) is 15.8 Å². The van der Waals surface area contributed by atoms with Gasteiger partial charge in [0, 0.05) is 13.0 Å². The highest BCUT2D eigenvalue weighted by Crippen LogP contribution is 2.27. The van der Waals surface area contributed by atoms with Crippen molar-refractivity contribution >= 4 is 29.8 Å². The van der Waals surface area contributed by atoms with Gasteiger partial charge < -0.3 is 27.3 Å². The maximum atomic E-state index is 12.5. The summed E-state index contributed by atoms with van der Waals surface area (Å²) in [6.07, 6.45) is 2.06. The zero-order chi connectivity index (χ0) is 23.1. The van der Waals surface area contributed by atoms with E-state index in [4.69, 9.17) is 21.9 Å². The Kier molecular flexibility index (Phi) is 8.87. The number of amides is 4. The van der Waals surface area contributed by atoms with Crippen molar-refractivity contribution in [2.75, 3.05) is 7.05 Å². The van der Waals surface area contributed by atoms with Gasteiger partial charge >= 0.3 is 12.0 Å². The van der Waals surface area contributed by atoms with Crippen LogP contribution in [0.3, 0.4) is 0 Å². The van der Waals surface area contributed by atoms with Gasteiger partial charge in [-0.1, -0.05) is 0 Å². The van der Waals surface area contributed by atoms with Gasteiger partial charge in [0.25, 0.3) is 0 Å². The van der Waals surface area contributed by atoms with E-state index < -0.39 is 36.0 Å². The first-order valence-electron chi connectivity index (χ1n) is 9.73. The molecular formula is C18H33N7O5. The Hall–Kier alpha value is -3.05. The first kappa shape index (κ1) is 25.0. The van der Waals surface area contributed by atoms with Crippen molar-refractivity contribution in [3.63, 3.8) is 0 Å². The molecule has 0 radical (unpaired) electrons. The van der Waals surface area contributed by atoms with E-state index in [0.717, 1.165) is 5.01 Å². The van der Waals surface area contributed by atoms with Gasteiger partial charge in [0.2, 0.25) is 11.8 Å². The summed E-state index contributed by atoms with van der Waals surface area (Å²) in [5, 5.41) is 3.33. The van der Waals surface area contributed by atoms with E-state index in [2.05, 4.69) is 15.7 Å². The fourth-order valence-electron chi connectivity index (χ4n) is 3.11. The highest BCUT2D eigenvalue weighted by atomic mass is 16.6. The summed E-state index contributed by atoms with van der Waals surface area (Å²) >= 11 is 0. The SMILES string of the molecule is CN(NC(=O)N[C@@H](CC(=O)OC(C)(C)C)C(N)=O)C(=O)C1CCC(N=C(N)N)CC1. The molecule has 30 heavy (non-hydrogen) atoms. The second-order valence-corrected chi connectivity index (χ2v) is 8.29. The van der Waals surface area contributed by atoms with E-state index in [1.165, 1.54) is 7.05 Å². The second-order valence-electron chi connectivity index (χ2n) is 8.29. The maximum Gasteiger partial charge on any atom is 0.334 e. The smallest absolute Gasteiger partial charge is 0.334 e. The van der Waals surface area contributed by atoms with Crippen molar-refractivity contribution in [2.45, 2.75) is 70.6 Å². The molecule has 1 atom stereocenters. The third-order valence-corrected chi connectivity index (χ3v) is 4.42. The van der Waals surface area contributed by atoms with Crippen LogP contribution in [-0.2, 0) is 19.1 Å². The van der Waals surface area contributed by atoms with Gasteiger partial charge in [0.15, 0.2) is 5.96 Å². The minimum atomic E-state index is -1.28. The van der Waals surface area contributed by atoms with Gasteiger partial charge in [-0.2, -0.15) is 0 Å². The van der Waals surface area contributed by atoms with Gasteiger partial charge in [0.1, 0.15) is 11.6 Å². The quantitative estimate of drug-likeness (QED) is 0.156. The van der Waals surface area contributed by atoms with Crippen molar-refractivity contribution in [2.24, 2.45) is 28.1 Å². The van der Waals surface area contributed by atoms with Gasteiger partial charge in [-0.15, -0.1) is 0 Å². The molecule has 1 aliphatic carbocycles. The lowest BCUT2D eigenvalue weighted by Crippen LogP contribution is -2.55. The Balaban J connectivity index is 2.55. The third-order valence-electron chi connectivity index (χ3n) is 4.42. The Morgan fingerprint density at radius 2 is 1.67 bits per heavy atom. The number of hydrogen-bond donors (Lipinski definition) is 5. The lowest BCUT2D eigenvalue weighted by atomic mass is 9.85. The van der Waals surface area contributed by atoms with Crippen LogP contribution in [0.1, 0.15) is 52.9 Å². The van der Waals surface area contributed by atoms with E-state index >= 15 is 0 Å². The molecule has 0 aromatic rings. The first-order chi connectivity index (χ1) is 13.8. The van der Waals surface area contributed by atoms with Crippen LogP contribution in [0.15, 0.2) is 4.99 Å². The summed E-state index contributed by atoms with van der Waals surface area (Å²) in [5.41, 5.74) is 17.6. The summed E-state index contributed by atoms with van der Waals surface area (Å²) in [7, 11) is 1.40. The number of guanidine groups is 1. The number of ether oxygens (including phenoxy) is 1. The van der Waals surface area contributed by atoms with Gasteiger partial charge in [-0.3, -0.25) is 24.4 Å². The Morgan fingerprint density at radius 1 is 1.10 bits per heavy atom. The molecule has 1 fully saturated rings. The van der Waals surface area contributed by atoms with Crippen molar-refractivity contribution in [1.29, 1.82) is 0 Å². The lowest BCUT2D eigenvalue weighted by molar-refractivity contribution is -0.156. The fraction of sp³-hybridized carbons (Fsp3) is 0.722. The molecule has 1 saturated carbocycles. The summed E-state index contributed by atoms with van der Waals surface area (Å²) in [4.78, 5) is 52.3. The Bertz CT molecular complexity index is 677. The molecule has 0 bridgehead atoms. The normalized spacial score (nSPS) is 19.7. The van der Waals surface area contributed by atoms with Crippen LogP contribution < -0.4 is 27.9 Å². The number of primary amides is 1. The predicted molar refractivity (Wildman–Crippen MR) is 109 cm³/mol. The van der Waals surface area contributed by atoms with Gasteiger partial charge in [0.05, 0.1) is 12.5 Å². The van der Waals surface area contributed by atoms with Crippen molar-refractivity contribution < 1.29 is 23.9 Å². The van der Waals surface area contributed by atoms with Gasteiger partial charge in [-0.25, -0.2) is 10.2 Å². The Morgan fingerprint density at radius 3 is 2.13 bits per heavy atom. The van der Waals surface area contributed by atoms with Crippen LogP contribution in [0, 0.1) is 5.92 Å². The van der Waals surface area contributed by atoms with Crippen LogP contribution in [0.25, 0.3) is 0 Å². The number of carbonyl (C=O) groups is 4. The number of urea groups is 1. The molecule has 12 heteroatoms. The minimum absolute atomic E-state index is 0.00945. The average Bonchev–Trinajstić information content (AvgIpc) is 2.58. The number of rotatable bonds is 6. The molecule has 170 valence electrons. The highest BCUT2D eigenvalue weighted by Gasteiger charge is 2.30. The summed E-state index contributed by atoms with van der Waals surface area (Å²) < 4.78 is 5.12. The maximum absolute atomic E-state index is 12.5. The topological polar surface area (TPSA) is 195 Å². The van der Waals surface area contributed by atoms with Crippen LogP contribution in [0.2, 0.25) is 0 Å². The summed E-state index contributed by atoms with van der Waals surface area (Å²) in [6, 6.07) is -2.13. The van der Waals surface area contributed by atoms with Crippen LogP contribution in [0.4, 0.5) is 4.79 Å². The summed E-state index contributed by atoms with van der Waals surface area (Å²) in [5.74, 6) is -2.13. The second kappa shape index (κ2) is 10.6. The first-order valence-corrected chi connectivity index (χ1v) is 9.73. The molecule has 8 N–H and O–H groups in total. The minimum Gasteiger partial charge on any atom is -0.460 e. The number of esters is 1. The van der Waals surface area contributed by atoms with Gasteiger partial charge in [-0.05, 0) is 46.5 Å². The predicted octanol–water partition coefficient (Wildman–Crippen LogP) is -0.923. The van der Waals surface area contributed by atoms with E-state index in [-0.39, 0.29) is 23.8 Å². The van der Waals surface area contributed by atoms with Crippen molar-refractivity contribution in [3.8, 4) is 0 Å². The zero-order valence-corrected chi connectivity index (χ0v) is 17.9. The van der Waals surface area contributed by atoms with Crippen LogP contribution in [-0.4, -0.2) is 59.5 Å². The number of nitrogens with one attached hydrogen (secondary N) is 2. The lowest BCUT2D eigenvalue weighted by Gasteiger charge is -2.29. The number of aliphatic imine (C=N–C) groups is 1. The number of nitrogens with zero attached hydrogens (tertiary/aromatic N) is 2. The molecule has 0 unspecified atom stereocenters. The largest absolute Gasteiger partial charge is 0.460 e. The monoisotopic (exact) mass is 427 g/mol. The molecule has 12 nitrogen and oxygen atoms in total.